The summed E-state index contributed by atoms with van der Waals surface area (Å²) in [6.07, 6.45) is 5.49. The van der Waals surface area contributed by atoms with Gasteiger partial charge < -0.3 is 20.5 Å². The number of rotatable bonds is 7. The molecule has 3 N–H and O–H groups in total. The van der Waals surface area contributed by atoms with Crippen LogP contribution in [0.4, 0.5) is 0 Å². The van der Waals surface area contributed by atoms with Crippen LogP contribution in [0.25, 0.3) is 0 Å². The summed E-state index contributed by atoms with van der Waals surface area (Å²) in [5.74, 6) is -1.74. The van der Waals surface area contributed by atoms with Gasteiger partial charge in [-0.3, -0.25) is 14.4 Å². The summed E-state index contributed by atoms with van der Waals surface area (Å²) < 4.78 is 5.98. The smallest absolute Gasteiger partial charge is 0.309 e. The maximum absolute atomic E-state index is 13.3. The van der Waals surface area contributed by atoms with E-state index in [0.29, 0.717) is 25.7 Å². The summed E-state index contributed by atoms with van der Waals surface area (Å²) in [5.41, 5.74) is 1.86. The van der Waals surface area contributed by atoms with Gasteiger partial charge >= 0.3 is 5.97 Å². The Hall–Kier alpha value is -3.45. The summed E-state index contributed by atoms with van der Waals surface area (Å²) in [6.45, 7) is 1.64. The Morgan fingerprint density at radius 1 is 1.06 bits per heavy atom. The van der Waals surface area contributed by atoms with Crippen molar-refractivity contribution in [1.29, 1.82) is 0 Å². The second kappa shape index (κ2) is 14.2. The molecule has 0 radical (unpaired) electrons. The van der Waals surface area contributed by atoms with E-state index in [-0.39, 0.29) is 49.3 Å². The highest BCUT2D eigenvalue weighted by Crippen LogP contribution is 2.24. The minimum atomic E-state index is -0.640. The molecular formula is C29H36N2O5. The third-order valence-electron chi connectivity index (χ3n) is 6.30. The Morgan fingerprint density at radius 3 is 2.44 bits per heavy atom. The number of aliphatic hydroxyl groups excluding tert-OH is 1. The van der Waals surface area contributed by atoms with Crippen LogP contribution in [0.3, 0.4) is 0 Å². The number of hydrogen-bond acceptors (Lipinski definition) is 5. The van der Waals surface area contributed by atoms with E-state index < -0.39 is 12.0 Å². The van der Waals surface area contributed by atoms with Crippen molar-refractivity contribution in [2.45, 2.75) is 51.2 Å². The van der Waals surface area contributed by atoms with E-state index in [1.807, 2.05) is 72.8 Å². The predicted octanol–water partition coefficient (Wildman–Crippen LogP) is 3.49. The number of carbonyl (C=O) groups excluding carboxylic acids is 3. The molecule has 0 fully saturated rings. The summed E-state index contributed by atoms with van der Waals surface area (Å²) in [7, 11) is 0. The van der Waals surface area contributed by atoms with Crippen LogP contribution >= 0.6 is 0 Å². The third-order valence-corrected chi connectivity index (χ3v) is 6.30. The average molecular weight is 493 g/mol. The largest absolute Gasteiger partial charge is 0.455 e. The summed E-state index contributed by atoms with van der Waals surface area (Å²) in [5, 5.41) is 14.8. The molecule has 0 spiro atoms. The lowest BCUT2D eigenvalue weighted by Crippen LogP contribution is -2.40. The van der Waals surface area contributed by atoms with Crippen molar-refractivity contribution in [3.8, 4) is 0 Å². The van der Waals surface area contributed by atoms with Crippen molar-refractivity contribution >= 4 is 17.8 Å². The first kappa shape index (κ1) is 27.1. The van der Waals surface area contributed by atoms with E-state index in [2.05, 4.69) is 10.6 Å². The zero-order valence-electron chi connectivity index (χ0n) is 20.8. The first-order valence-electron chi connectivity index (χ1n) is 12.6. The van der Waals surface area contributed by atoms with Gasteiger partial charge in [0.25, 0.3) is 0 Å². The normalized spacial score (nSPS) is 22.2. The fourth-order valence-electron chi connectivity index (χ4n) is 4.23. The SMILES string of the molecule is C[C@@H](CO)NC(=O)C[C@H]1CC=CCC[C@H](Cc2ccccc2)C(=O)O[C@@H](c2ccccc2)CNC1=O. The Labute approximate surface area is 212 Å². The second-order valence-corrected chi connectivity index (χ2v) is 9.30. The van der Waals surface area contributed by atoms with Gasteiger partial charge in [0.1, 0.15) is 6.10 Å². The highest BCUT2D eigenvalue weighted by molar-refractivity contribution is 5.86. The molecule has 192 valence electrons. The molecule has 36 heavy (non-hydrogen) atoms. The molecule has 1 aliphatic heterocycles. The quantitative estimate of drug-likeness (QED) is 0.405. The number of nitrogens with one attached hydrogen (secondary N) is 2. The van der Waals surface area contributed by atoms with Crippen molar-refractivity contribution in [1.82, 2.24) is 10.6 Å². The monoisotopic (exact) mass is 492 g/mol. The van der Waals surface area contributed by atoms with Crippen molar-refractivity contribution in [3.05, 3.63) is 83.9 Å². The zero-order chi connectivity index (χ0) is 25.8. The van der Waals surface area contributed by atoms with Crippen LogP contribution in [0.1, 0.15) is 49.8 Å². The van der Waals surface area contributed by atoms with Crippen molar-refractivity contribution in [3.63, 3.8) is 0 Å². The number of hydrogen-bond donors (Lipinski definition) is 3. The number of allylic oxidation sites excluding steroid dienone is 2. The minimum absolute atomic E-state index is 0.00688. The molecule has 0 saturated carbocycles. The highest BCUT2D eigenvalue weighted by atomic mass is 16.5. The molecule has 2 aromatic carbocycles. The van der Waals surface area contributed by atoms with Crippen molar-refractivity contribution in [2.75, 3.05) is 13.2 Å². The first-order valence-corrected chi connectivity index (χ1v) is 12.6. The molecule has 0 aromatic heterocycles. The van der Waals surface area contributed by atoms with Gasteiger partial charge in [-0.15, -0.1) is 0 Å². The second-order valence-electron chi connectivity index (χ2n) is 9.30. The number of ether oxygens (including phenoxy) is 1. The van der Waals surface area contributed by atoms with Gasteiger partial charge in [0.15, 0.2) is 0 Å². The van der Waals surface area contributed by atoms with Crippen LogP contribution < -0.4 is 10.6 Å². The molecule has 1 heterocycles. The number of benzene rings is 2. The Morgan fingerprint density at radius 2 is 1.75 bits per heavy atom. The van der Waals surface area contributed by atoms with Gasteiger partial charge in [-0.2, -0.15) is 0 Å². The lowest BCUT2D eigenvalue weighted by Gasteiger charge is -2.23. The van der Waals surface area contributed by atoms with Gasteiger partial charge in [-0.25, -0.2) is 0 Å². The van der Waals surface area contributed by atoms with E-state index in [1.54, 1.807) is 6.92 Å². The molecule has 4 atom stereocenters. The van der Waals surface area contributed by atoms with Crippen molar-refractivity contribution < 1.29 is 24.2 Å². The maximum Gasteiger partial charge on any atom is 0.309 e. The molecule has 2 amide bonds. The summed E-state index contributed by atoms with van der Waals surface area (Å²) >= 11 is 0. The molecule has 1 aliphatic rings. The lowest BCUT2D eigenvalue weighted by atomic mass is 9.94. The van der Waals surface area contributed by atoms with Gasteiger partial charge in [-0.05, 0) is 43.7 Å². The van der Waals surface area contributed by atoms with E-state index in [1.165, 1.54) is 0 Å². The third kappa shape index (κ3) is 8.64. The molecule has 7 nitrogen and oxygen atoms in total. The number of carbonyl (C=O) groups is 3. The molecule has 3 rings (SSSR count). The van der Waals surface area contributed by atoms with Crippen LogP contribution in [0.2, 0.25) is 0 Å². The van der Waals surface area contributed by atoms with Crippen LogP contribution in [-0.2, 0) is 25.5 Å². The molecule has 0 bridgehead atoms. The number of amides is 2. The standard InChI is InChI=1S/C29H36N2O5/c1-21(20-32)31-27(33)18-24-15-9-4-10-16-25(17-22-11-5-2-6-12-22)29(35)36-26(19-30-28(24)34)23-13-7-3-8-14-23/h2-9,11-14,21,24-26,32H,10,15-20H2,1H3,(H,30,34)(H,31,33)/t21-,24+,25+,26+/m0/s1. The average Bonchev–Trinajstić information content (AvgIpc) is 2.90. The zero-order valence-corrected chi connectivity index (χ0v) is 20.8. The number of cyclic esters (lactones) is 1. The fourth-order valence-corrected chi connectivity index (χ4v) is 4.23. The van der Waals surface area contributed by atoms with Gasteiger partial charge in [-0.1, -0.05) is 72.8 Å². The Bertz CT molecular complexity index is 1010. The number of aliphatic hydroxyl groups is 1. The van der Waals surface area contributed by atoms with Crippen LogP contribution in [0, 0.1) is 11.8 Å². The van der Waals surface area contributed by atoms with Crippen molar-refractivity contribution in [2.24, 2.45) is 11.8 Å². The molecule has 0 saturated heterocycles. The molecule has 0 aliphatic carbocycles. The number of esters is 1. The predicted molar refractivity (Wildman–Crippen MR) is 138 cm³/mol. The van der Waals surface area contributed by atoms with Crippen LogP contribution in [0.5, 0.6) is 0 Å². The summed E-state index contributed by atoms with van der Waals surface area (Å²) in [6, 6.07) is 18.9. The molecule has 2 aromatic rings. The topological polar surface area (TPSA) is 105 Å². The molecule has 7 heteroatoms. The highest BCUT2D eigenvalue weighted by Gasteiger charge is 2.27. The Balaban J connectivity index is 1.80. The lowest BCUT2D eigenvalue weighted by molar-refractivity contribution is -0.155. The summed E-state index contributed by atoms with van der Waals surface area (Å²) in [4.78, 5) is 38.8. The maximum atomic E-state index is 13.3. The van der Waals surface area contributed by atoms with Gasteiger partial charge in [0.2, 0.25) is 11.8 Å². The first-order chi connectivity index (χ1) is 17.5. The minimum Gasteiger partial charge on any atom is -0.455 e. The molecular weight excluding hydrogens is 456 g/mol. The van der Waals surface area contributed by atoms with Crippen LogP contribution in [-0.4, -0.2) is 42.1 Å². The van der Waals surface area contributed by atoms with E-state index in [0.717, 1.165) is 11.1 Å². The van der Waals surface area contributed by atoms with E-state index >= 15 is 0 Å². The Kier molecular flexibility index (Phi) is 10.7. The van der Waals surface area contributed by atoms with Crippen LogP contribution in [0.15, 0.2) is 72.8 Å². The fraction of sp³-hybridized carbons (Fsp3) is 0.414. The van der Waals surface area contributed by atoms with Gasteiger partial charge in [0.05, 0.1) is 25.0 Å². The van der Waals surface area contributed by atoms with E-state index in [4.69, 9.17) is 4.74 Å². The molecule has 0 unspecified atom stereocenters. The van der Waals surface area contributed by atoms with E-state index in [9.17, 15) is 19.5 Å². The van der Waals surface area contributed by atoms with Gasteiger partial charge in [0, 0.05) is 12.5 Å².